The highest BCUT2D eigenvalue weighted by Gasteiger charge is 2.62. The Morgan fingerprint density at radius 2 is 2.02 bits per heavy atom. The monoisotopic (exact) mass is 577 g/mol. The van der Waals surface area contributed by atoms with Crippen molar-refractivity contribution in [3.05, 3.63) is 70.4 Å². The predicted molar refractivity (Wildman–Crippen MR) is 146 cm³/mol. The molecular formula is C29H29F2N7O4. The molecule has 4 heterocycles. The number of amides is 2. The van der Waals surface area contributed by atoms with Gasteiger partial charge in [0.15, 0.2) is 17.3 Å². The molecule has 6 rings (SSSR count). The number of aromatic nitrogens is 5. The Kier molecular flexibility index (Phi) is 6.74. The molecule has 1 aliphatic heterocycles. The number of hydrogen-bond donors (Lipinski definition) is 3. The van der Waals surface area contributed by atoms with Gasteiger partial charge in [-0.3, -0.25) is 19.7 Å². The zero-order valence-electron chi connectivity index (χ0n) is 23.2. The number of rotatable bonds is 8. The highest BCUT2D eigenvalue weighted by atomic mass is 19.2. The number of primary amides is 1. The number of aromatic amines is 1. The quantitative estimate of drug-likeness (QED) is 0.275. The first-order valence-corrected chi connectivity index (χ1v) is 13.6. The second kappa shape index (κ2) is 10.3. The minimum atomic E-state index is -1.07. The van der Waals surface area contributed by atoms with Crippen LogP contribution in [-0.4, -0.2) is 43.9 Å². The molecule has 4 N–H and O–H groups in total. The van der Waals surface area contributed by atoms with Crippen molar-refractivity contribution >= 4 is 17.5 Å². The van der Waals surface area contributed by atoms with Crippen LogP contribution in [-0.2, 0) is 4.79 Å². The van der Waals surface area contributed by atoms with E-state index in [0.717, 1.165) is 28.7 Å². The molecule has 0 saturated heterocycles. The Labute approximate surface area is 239 Å². The Morgan fingerprint density at radius 1 is 1.21 bits per heavy atom. The molecule has 1 aliphatic carbocycles. The first-order chi connectivity index (χ1) is 20.1. The Bertz CT molecular complexity index is 1670. The van der Waals surface area contributed by atoms with Crippen molar-refractivity contribution in [1.82, 2.24) is 25.5 Å². The number of hydrogen-bond acceptors (Lipinski definition) is 8. The van der Waals surface area contributed by atoms with Gasteiger partial charge in [-0.1, -0.05) is 18.1 Å². The van der Waals surface area contributed by atoms with Crippen molar-refractivity contribution in [2.24, 2.45) is 17.1 Å². The minimum Gasteiger partial charge on any atom is -0.489 e. The van der Waals surface area contributed by atoms with Gasteiger partial charge in [-0.05, 0) is 56.0 Å². The zero-order chi connectivity index (χ0) is 29.8. The molecule has 1 spiro atoms. The number of ether oxygens (including phenoxy) is 1. The highest BCUT2D eigenvalue weighted by molar-refractivity contribution is 5.92. The molecule has 1 saturated carbocycles. The van der Waals surface area contributed by atoms with Gasteiger partial charge in [0.2, 0.25) is 11.7 Å². The number of halogens is 2. The molecule has 0 radical (unpaired) electrons. The van der Waals surface area contributed by atoms with E-state index >= 15 is 0 Å². The molecule has 3 aromatic heterocycles. The van der Waals surface area contributed by atoms with Gasteiger partial charge in [0.1, 0.15) is 5.69 Å². The maximum absolute atomic E-state index is 14.8. The van der Waals surface area contributed by atoms with E-state index in [1.807, 2.05) is 20.8 Å². The largest absolute Gasteiger partial charge is 0.489 e. The Morgan fingerprint density at radius 3 is 2.71 bits per heavy atom. The third kappa shape index (κ3) is 4.68. The number of benzene rings is 1. The summed E-state index contributed by atoms with van der Waals surface area (Å²) in [5.74, 6) is -3.89. The number of carbonyl (C=O) groups is 2. The maximum atomic E-state index is 14.8. The molecule has 1 aromatic carbocycles. The van der Waals surface area contributed by atoms with Gasteiger partial charge in [0.05, 0.1) is 29.9 Å². The lowest BCUT2D eigenvalue weighted by atomic mass is 9.76. The van der Waals surface area contributed by atoms with Crippen molar-refractivity contribution in [2.75, 3.05) is 11.9 Å². The standard InChI is InChI=1S/C29H29F2N7O4/c1-13(25-26(28(32)40)38-42-37-25)8-16-10-29(16)12-41-27-18(5-6-20(30)24(27)31)19(29)9-22(39)34-17-4-7-21(33-11-17)23-14(2)35-36-15(23)3/h4-7,11,13,16,19H,8-10,12H2,1-3H3,(H2,32,40)(H,34,39)(H,35,36). The van der Waals surface area contributed by atoms with E-state index in [1.165, 1.54) is 6.07 Å². The zero-order valence-corrected chi connectivity index (χ0v) is 23.2. The summed E-state index contributed by atoms with van der Waals surface area (Å²) in [4.78, 5) is 29.6. The second-order valence-corrected chi connectivity index (χ2v) is 11.2. The maximum Gasteiger partial charge on any atom is 0.272 e. The topological polar surface area (TPSA) is 162 Å². The van der Waals surface area contributed by atoms with Gasteiger partial charge in [-0.2, -0.15) is 9.49 Å². The molecule has 2 amide bonds. The molecular weight excluding hydrogens is 548 g/mol. The van der Waals surface area contributed by atoms with Crippen LogP contribution in [0, 0.1) is 36.8 Å². The van der Waals surface area contributed by atoms with Crippen LogP contribution >= 0.6 is 0 Å². The molecule has 4 unspecified atom stereocenters. The lowest BCUT2D eigenvalue weighted by Crippen LogP contribution is -2.33. The predicted octanol–water partition coefficient (Wildman–Crippen LogP) is 4.55. The van der Waals surface area contributed by atoms with Gasteiger partial charge < -0.3 is 15.8 Å². The Balaban J connectivity index is 1.23. The fourth-order valence-corrected chi connectivity index (χ4v) is 6.39. The summed E-state index contributed by atoms with van der Waals surface area (Å²) in [6.07, 6.45) is 2.86. The third-order valence-electron chi connectivity index (χ3n) is 8.59. The van der Waals surface area contributed by atoms with Gasteiger partial charge in [-0.15, -0.1) is 0 Å². The van der Waals surface area contributed by atoms with Crippen molar-refractivity contribution in [3.8, 4) is 17.0 Å². The molecule has 0 bridgehead atoms. The number of pyridine rings is 1. The van der Waals surface area contributed by atoms with Crippen LogP contribution in [0.5, 0.6) is 5.75 Å². The summed E-state index contributed by atoms with van der Waals surface area (Å²) in [7, 11) is 0. The van der Waals surface area contributed by atoms with Gasteiger partial charge in [0, 0.05) is 40.5 Å². The van der Waals surface area contributed by atoms with Gasteiger partial charge in [-0.25, -0.2) is 9.02 Å². The smallest absolute Gasteiger partial charge is 0.272 e. The van der Waals surface area contributed by atoms with Gasteiger partial charge in [0.25, 0.3) is 5.91 Å². The van der Waals surface area contributed by atoms with Crippen LogP contribution in [0.25, 0.3) is 11.3 Å². The number of H-pyrrole nitrogens is 1. The third-order valence-corrected chi connectivity index (χ3v) is 8.59. The molecule has 218 valence electrons. The average Bonchev–Trinajstić information content (AvgIpc) is 3.25. The van der Waals surface area contributed by atoms with E-state index in [-0.39, 0.29) is 42.2 Å². The van der Waals surface area contributed by atoms with Crippen molar-refractivity contribution < 1.29 is 27.7 Å². The summed E-state index contributed by atoms with van der Waals surface area (Å²) in [5, 5.41) is 17.5. The van der Waals surface area contributed by atoms with E-state index in [1.54, 1.807) is 18.3 Å². The number of carbonyl (C=O) groups excluding carboxylic acids is 2. The number of nitrogens with one attached hydrogen (secondary N) is 2. The number of fused-ring (bicyclic) bond motifs is 1. The van der Waals surface area contributed by atoms with E-state index in [2.05, 4.69) is 30.8 Å². The molecule has 42 heavy (non-hydrogen) atoms. The fraction of sp³-hybridized carbons (Fsp3) is 0.379. The number of anilines is 1. The number of nitrogens with two attached hydrogens (primary N) is 1. The fourth-order valence-electron chi connectivity index (χ4n) is 6.39. The molecule has 4 atom stereocenters. The molecule has 2 aliphatic rings. The number of nitrogens with zero attached hydrogens (tertiary/aromatic N) is 4. The molecule has 13 heteroatoms. The first-order valence-electron chi connectivity index (χ1n) is 13.6. The van der Waals surface area contributed by atoms with Crippen LogP contribution in [0.1, 0.15) is 71.2 Å². The average molecular weight is 578 g/mol. The lowest BCUT2D eigenvalue weighted by Gasteiger charge is -2.35. The van der Waals surface area contributed by atoms with Crippen molar-refractivity contribution in [1.29, 1.82) is 0 Å². The second-order valence-electron chi connectivity index (χ2n) is 11.2. The van der Waals surface area contributed by atoms with Crippen LogP contribution in [0.2, 0.25) is 0 Å². The molecule has 11 nitrogen and oxygen atoms in total. The summed E-state index contributed by atoms with van der Waals surface area (Å²) in [6.45, 7) is 5.80. The number of aryl methyl sites for hydroxylation is 2. The molecule has 1 fully saturated rings. The Hall–Kier alpha value is -4.68. The first kappa shape index (κ1) is 27.5. The van der Waals surface area contributed by atoms with Crippen LogP contribution in [0.3, 0.4) is 0 Å². The van der Waals surface area contributed by atoms with Crippen LogP contribution < -0.4 is 15.8 Å². The van der Waals surface area contributed by atoms with Gasteiger partial charge >= 0.3 is 0 Å². The van der Waals surface area contributed by atoms with Crippen molar-refractivity contribution in [3.63, 3.8) is 0 Å². The summed E-state index contributed by atoms with van der Waals surface area (Å²) >= 11 is 0. The van der Waals surface area contributed by atoms with Crippen molar-refractivity contribution in [2.45, 2.75) is 51.9 Å². The SMILES string of the molecule is Cc1n[nH]c(C)c1-c1ccc(NC(=O)CC2c3ccc(F)c(F)c3OCC23CC3CC(C)c2nonc2C(N)=O)cn1. The lowest BCUT2D eigenvalue weighted by molar-refractivity contribution is -0.117. The van der Waals surface area contributed by atoms with E-state index < -0.39 is 28.9 Å². The highest BCUT2D eigenvalue weighted by Crippen LogP contribution is 2.67. The van der Waals surface area contributed by atoms with Crippen LogP contribution in [0.4, 0.5) is 14.5 Å². The summed E-state index contributed by atoms with van der Waals surface area (Å²) in [6, 6.07) is 6.12. The minimum absolute atomic E-state index is 0.0198. The van der Waals surface area contributed by atoms with Crippen LogP contribution in [0.15, 0.2) is 35.1 Å². The van der Waals surface area contributed by atoms with E-state index in [9.17, 15) is 18.4 Å². The van der Waals surface area contributed by atoms with E-state index in [4.69, 9.17) is 15.1 Å². The molecule has 4 aromatic rings. The summed E-state index contributed by atoms with van der Waals surface area (Å²) in [5.41, 5.74) is 9.55. The summed E-state index contributed by atoms with van der Waals surface area (Å²) < 4.78 is 39.4. The van der Waals surface area contributed by atoms with E-state index in [0.29, 0.717) is 29.8 Å². The normalized spacial score (nSPS) is 21.5.